The molecule has 20 heavy (non-hydrogen) atoms. The summed E-state index contributed by atoms with van der Waals surface area (Å²) in [5.41, 5.74) is 0.788. The summed E-state index contributed by atoms with van der Waals surface area (Å²) in [5.74, 6) is 1.13. The molecule has 0 bridgehead atoms. The van der Waals surface area contributed by atoms with Crippen LogP contribution in [0.1, 0.15) is 19.0 Å². The minimum absolute atomic E-state index is 0.0812. The summed E-state index contributed by atoms with van der Waals surface area (Å²) >= 11 is 13.3. The number of pyridine rings is 1. The van der Waals surface area contributed by atoms with Crippen molar-refractivity contribution in [3.8, 4) is 0 Å². The molecule has 0 aliphatic carbocycles. The van der Waals surface area contributed by atoms with Gasteiger partial charge in [0.2, 0.25) is 0 Å². The van der Waals surface area contributed by atoms with Crippen LogP contribution in [0.5, 0.6) is 0 Å². The van der Waals surface area contributed by atoms with Crippen LogP contribution >= 0.6 is 34.5 Å². The second-order valence-corrected chi connectivity index (χ2v) is 5.76. The molecule has 0 unspecified atom stereocenters. The van der Waals surface area contributed by atoms with E-state index in [9.17, 15) is 4.79 Å². The molecule has 0 atom stereocenters. The number of rotatable bonds is 6. The molecule has 2 aromatic heterocycles. The maximum atomic E-state index is 11.1. The van der Waals surface area contributed by atoms with Gasteiger partial charge in [0, 0.05) is 17.6 Å². The summed E-state index contributed by atoms with van der Waals surface area (Å²) in [6.07, 6.45) is 0.972. The normalized spacial score (nSPS) is 10.6. The summed E-state index contributed by atoms with van der Waals surface area (Å²) in [4.78, 5) is 18.0. The van der Waals surface area contributed by atoms with Gasteiger partial charge in [-0.3, -0.25) is 4.79 Å². The SMILES string of the molecule is CCCNc1nc(NCc2csc(=O)[nH]2)c(Cl)cc1Cl. The number of hydrogen-bond donors (Lipinski definition) is 3. The Bertz CT molecular complexity index is 641. The van der Waals surface area contributed by atoms with Gasteiger partial charge in [-0.25, -0.2) is 4.98 Å². The molecule has 3 N–H and O–H groups in total. The highest BCUT2D eigenvalue weighted by atomic mass is 35.5. The maximum absolute atomic E-state index is 11.1. The number of thiazole rings is 1. The van der Waals surface area contributed by atoms with Crippen LogP contribution in [0.3, 0.4) is 0 Å². The third-order valence-corrected chi connectivity index (χ3v) is 3.78. The summed E-state index contributed by atoms with van der Waals surface area (Å²) in [7, 11) is 0. The van der Waals surface area contributed by atoms with Gasteiger partial charge in [-0.15, -0.1) is 0 Å². The molecule has 0 amide bonds. The number of nitrogens with one attached hydrogen (secondary N) is 3. The van der Waals surface area contributed by atoms with Crippen molar-refractivity contribution in [1.82, 2.24) is 9.97 Å². The molecule has 0 aromatic carbocycles. The third kappa shape index (κ3) is 3.88. The van der Waals surface area contributed by atoms with E-state index < -0.39 is 0 Å². The summed E-state index contributed by atoms with van der Waals surface area (Å²) in [6, 6.07) is 1.65. The summed E-state index contributed by atoms with van der Waals surface area (Å²) in [6.45, 7) is 3.29. The van der Waals surface area contributed by atoms with Gasteiger partial charge in [-0.1, -0.05) is 41.5 Å². The number of anilines is 2. The molecule has 0 saturated heterocycles. The van der Waals surface area contributed by atoms with Crippen molar-refractivity contribution in [2.24, 2.45) is 0 Å². The smallest absolute Gasteiger partial charge is 0.304 e. The number of aromatic amines is 1. The topological polar surface area (TPSA) is 69.8 Å². The van der Waals surface area contributed by atoms with Crippen LogP contribution in [-0.2, 0) is 6.54 Å². The van der Waals surface area contributed by atoms with Crippen LogP contribution in [-0.4, -0.2) is 16.5 Å². The van der Waals surface area contributed by atoms with Crippen LogP contribution in [0.25, 0.3) is 0 Å². The Balaban J connectivity index is 2.11. The Morgan fingerprint density at radius 1 is 1.30 bits per heavy atom. The predicted molar refractivity (Wildman–Crippen MR) is 85.3 cm³/mol. The van der Waals surface area contributed by atoms with Crippen LogP contribution in [0.4, 0.5) is 11.6 Å². The van der Waals surface area contributed by atoms with Crippen molar-refractivity contribution in [2.75, 3.05) is 17.2 Å². The van der Waals surface area contributed by atoms with Crippen molar-refractivity contribution >= 4 is 46.2 Å². The van der Waals surface area contributed by atoms with Crippen molar-refractivity contribution in [3.63, 3.8) is 0 Å². The van der Waals surface area contributed by atoms with Crippen molar-refractivity contribution in [3.05, 3.63) is 36.9 Å². The van der Waals surface area contributed by atoms with Crippen LogP contribution in [0.15, 0.2) is 16.2 Å². The second-order valence-electron chi connectivity index (χ2n) is 4.10. The lowest BCUT2D eigenvalue weighted by Gasteiger charge is -2.11. The van der Waals surface area contributed by atoms with Crippen molar-refractivity contribution < 1.29 is 0 Å². The molecular formula is C12H14Cl2N4OS. The van der Waals surface area contributed by atoms with Gasteiger partial charge in [0.05, 0.1) is 16.6 Å². The molecule has 0 spiro atoms. The Kier molecular flexibility index (Phi) is 5.28. The van der Waals surface area contributed by atoms with E-state index in [1.54, 1.807) is 11.4 Å². The lowest BCUT2D eigenvalue weighted by atomic mass is 10.4. The zero-order valence-corrected chi connectivity index (χ0v) is 13.1. The Morgan fingerprint density at radius 3 is 2.60 bits per heavy atom. The molecule has 0 radical (unpaired) electrons. The fraction of sp³-hybridized carbons (Fsp3) is 0.333. The minimum atomic E-state index is -0.0812. The monoisotopic (exact) mass is 332 g/mol. The first kappa shape index (κ1) is 15.2. The van der Waals surface area contributed by atoms with E-state index in [0.717, 1.165) is 30.0 Å². The number of hydrogen-bond acceptors (Lipinski definition) is 5. The molecule has 0 saturated carbocycles. The number of halogens is 2. The molecule has 0 fully saturated rings. The molecular weight excluding hydrogens is 319 g/mol. The van der Waals surface area contributed by atoms with Crippen molar-refractivity contribution in [2.45, 2.75) is 19.9 Å². The Hall–Kier alpha value is -1.24. The fourth-order valence-electron chi connectivity index (χ4n) is 1.54. The van der Waals surface area contributed by atoms with Crippen LogP contribution in [0, 0.1) is 0 Å². The zero-order chi connectivity index (χ0) is 14.5. The number of H-pyrrole nitrogens is 1. The minimum Gasteiger partial charge on any atom is -0.369 e. The third-order valence-electron chi connectivity index (χ3n) is 2.49. The first-order valence-corrected chi connectivity index (χ1v) is 7.74. The van der Waals surface area contributed by atoms with E-state index in [2.05, 4.69) is 27.5 Å². The van der Waals surface area contributed by atoms with Gasteiger partial charge in [0.15, 0.2) is 0 Å². The lowest BCUT2D eigenvalue weighted by molar-refractivity contribution is 0.967. The molecule has 2 rings (SSSR count). The van der Waals surface area contributed by atoms with Gasteiger partial charge in [-0.2, -0.15) is 0 Å². The molecule has 5 nitrogen and oxygen atoms in total. The molecule has 0 aliphatic rings. The average Bonchev–Trinajstić information content (AvgIpc) is 2.82. The first-order valence-electron chi connectivity index (χ1n) is 6.10. The molecule has 8 heteroatoms. The van der Waals surface area contributed by atoms with Gasteiger partial charge in [-0.05, 0) is 12.5 Å². The largest absolute Gasteiger partial charge is 0.369 e. The zero-order valence-electron chi connectivity index (χ0n) is 10.8. The highest BCUT2D eigenvalue weighted by molar-refractivity contribution is 7.07. The van der Waals surface area contributed by atoms with Gasteiger partial charge in [0.1, 0.15) is 11.6 Å². The van der Waals surface area contributed by atoms with Crippen LogP contribution < -0.4 is 15.5 Å². The van der Waals surface area contributed by atoms with Gasteiger partial charge < -0.3 is 15.6 Å². The molecule has 0 aliphatic heterocycles. The predicted octanol–water partition coefficient (Wildman–Crippen LogP) is 3.57. The second kappa shape index (κ2) is 6.97. The highest BCUT2D eigenvalue weighted by Gasteiger charge is 2.09. The lowest BCUT2D eigenvalue weighted by Crippen LogP contribution is -2.08. The molecule has 108 valence electrons. The van der Waals surface area contributed by atoms with Gasteiger partial charge >= 0.3 is 4.87 Å². The highest BCUT2D eigenvalue weighted by Crippen LogP contribution is 2.29. The summed E-state index contributed by atoms with van der Waals surface area (Å²) in [5, 5.41) is 8.90. The quantitative estimate of drug-likeness (QED) is 0.756. The van der Waals surface area contributed by atoms with E-state index in [1.807, 2.05) is 0 Å². The summed E-state index contributed by atoms with van der Waals surface area (Å²) < 4.78 is 0. The van der Waals surface area contributed by atoms with Gasteiger partial charge in [0.25, 0.3) is 0 Å². The molecule has 2 heterocycles. The van der Waals surface area contributed by atoms with E-state index in [-0.39, 0.29) is 4.87 Å². The van der Waals surface area contributed by atoms with E-state index in [1.165, 1.54) is 0 Å². The Labute approximate surface area is 130 Å². The standard InChI is InChI=1S/C12H14Cl2N4OS/c1-2-3-15-10-8(13)4-9(14)11(18-10)16-5-7-6-20-12(19)17-7/h4,6H,2-3,5H2,1H3,(H,17,19)(H2,15,16,18). The Morgan fingerprint density at radius 2 is 2.00 bits per heavy atom. The van der Waals surface area contributed by atoms with Crippen molar-refractivity contribution in [1.29, 1.82) is 0 Å². The fourth-order valence-corrected chi connectivity index (χ4v) is 2.61. The number of aromatic nitrogens is 2. The van der Waals surface area contributed by atoms with E-state index in [4.69, 9.17) is 23.2 Å². The molecule has 2 aromatic rings. The average molecular weight is 333 g/mol. The first-order chi connectivity index (χ1) is 9.60. The number of nitrogens with zero attached hydrogens (tertiary/aromatic N) is 1. The maximum Gasteiger partial charge on any atom is 0.304 e. The van der Waals surface area contributed by atoms with E-state index in [0.29, 0.717) is 28.2 Å². The van der Waals surface area contributed by atoms with E-state index >= 15 is 0 Å². The van der Waals surface area contributed by atoms with Crippen LogP contribution in [0.2, 0.25) is 10.0 Å².